The van der Waals surface area contributed by atoms with E-state index in [4.69, 9.17) is 4.74 Å². The van der Waals surface area contributed by atoms with Crippen LogP contribution in [0.15, 0.2) is 36.0 Å². The third kappa shape index (κ3) is 5.00. The molecular weight excluding hydrogens is 392 g/mol. The molecule has 6 nitrogen and oxygen atoms in total. The van der Waals surface area contributed by atoms with Crippen molar-refractivity contribution < 1.29 is 19.1 Å². The summed E-state index contributed by atoms with van der Waals surface area (Å²) in [6, 6.07) is 9.23. The highest BCUT2D eigenvalue weighted by Crippen LogP contribution is 2.61. The number of hydrogen-bond acceptors (Lipinski definition) is 4. The van der Waals surface area contributed by atoms with Gasteiger partial charge in [0.25, 0.3) is 5.91 Å². The van der Waals surface area contributed by atoms with Crippen LogP contribution in [-0.4, -0.2) is 30.4 Å². The predicted molar refractivity (Wildman–Crippen MR) is 117 cm³/mol. The second-order valence-corrected chi connectivity index (χ2v) is 9.80. The number of carbonyl (C=O) groups excluding carboxylic acids is 3. The Hall–Kier alpha value is -2.63. The second-order valence-electron chi connectivity index (χ2n) is 9.80. The molecule has 1 atom stereocenters. The van der Waals surface area contributed by atoms with Gasteiger partial charge in [0, 0.05) is 13.0 Å². The van der Waals surface area contributed by atoms with Crippen LogP contribution in [0, 0.1) is 23.2 Å². The number of carbonyl (C=O) groups is 3. The van der Waals surface area contributed by atoms with Crippen molar-refractivity contribution in [2.75, 3.05) is 6.61 Å². The van der Waals surface area contributed by atoms with Gasteiger partial charge in [-0.25, -0.2) is 4.79 Å². The highest BCUT2D eigenvalue weighted by atomic mass is 16.5. The van der Waals surface area contributed by atoms with Crippen LogP contribution in [-0.2, 0) is 19.1 Å². The van der Waals surface area contributed by atoms with E-state index in [1.807, 2.05) is 30.3 Å². The molecule has 0 aromatic heterocycles. The van der Waals surface area contributed by atoms with Crippen molar-refractivity contribution in [3.05, 3.63) is 41.6 Å². The van der Waals surface area contributed by atoms with Crippen LogP contribution in [0.1, 0.15) is 57.9 Å². The first kappa shape index (κ1) is 21.6. The summed E-state index contributed by atoms with van der Waals surface area (Å²) in [6.45, 7) is 3.07. The van der Waals surface area contributed by atoms with Gasteiger partial charge in [0.15, 0.2) is 6.61 Å². The second kappa shape index (κ2) is 8.85. The summed E-state index contributed by atoms with van der Waals surface area (Å²) in [4.78, 5) is 36.6. The number of ether oxygens (including phenoxy) is 1. The first-order chi connectivity index (χ1) is 14.8. The van der Waals surface area contributed by atoms with Gasteiger partial charge in [0.1, 0.15) is 5.70 Å². The van der Waals surface area contributed by atoms with Crippen LogP contribution >= 0.6 is 0 Å². The molecule has 0 heterocycles. The number of hydrogen-bond donors (Lipinski definition) is 2. The maximum Gasteiger partial charge on any atom is 0.355 e. The van der Waals surface area contributed by atoms with E-state index in [9.17, 15) is 14.4 Å². The SMILES string of the molecule is CC(=O)N/C(=C\c1ccccc1)C(=O)OCC(=O)N[C@H](C)C12CC3CC(CC(C3)C1)C2. The highest BCUT2D eigenvalue weighted by Gasteiger charge is 2.53. The lowest BCUT2D eigenvalue weighted by Crippen LogP contribution is -2.56. The third-order valence-corrected chi connectivity index (χ3v) is 7.36. The molecule has 1 aromatic carbocycles. The molecule has 5 rings (SSSR count). The van der Waals surface area contributed by atoms with Crippen molar-refractivity contribution in [1.82, 2.24) is 10.6 Å². The van der Waals surface area contributed by atoms with Gasteiger partial charge in [0.05, 0.1) is 0 Å². The molecular formula is C25H32N2O4. The van der Waals surface area contributed by atoms with Gasteiger partial charge in [-0.05, 0) is 80.3 Å². The van der Waals surface area contributed by atoms with Gasteiger partial charge in [-0.3, -0.25) is 9.59 Å². The maximum atomic E-state index is 12.6. The van der Waals surface area contributed by atoms with Gasteiger partial charge in [-0.2, -0.15) is 0 Å². The molecule has 4 aliphatic rings. The Morgan fingerprint density at radius 2 is 1.65 bits per heavy atom. The molecule has 4 fully saturated rings. The van der Waals surface area contributed by atoms with Crippen molar-refractivity contribution in [3.8, 4) is 0 Å². The fourth-order valence-electron chi connectivity index (χ4n) is 6.40. The zero-order valence-corrected chi connectivity index (χ0v) is 18.4. The minimum Gasteiger partial charge on any atom is -0.451 e. The minimum atomic E-state index is -0.725. The summed E-state index contributed by atoms with van der Waals surface area (Å²) in [7, 11) is 0. The summed E-state index contributed by atoms with van der Waals surface area (Å²) in [5.41, 5.74) is 0.965. The van der Waals surface area contributed by atoms with E-state index >= 15 is 0 Å². The van der Waals surface area contributed by atoms with E-state index in [0.717, 1.165) is 23.3 Å². The number of nitrogens with one attached hydrogen (secondary N) is 2. The topological polar surface area (TPSA) is 84.5 Å². The smallest absolute Gasteiger partial charge is 0.355 e. The molecule has 0 aliphatic heterocycles. The molecule has 6 heteroatoms. The maximum absolute atomic E-state index is 12.6. The van der Waals surface area contributed by atoms with E-state index in [0.29, 0.717) is 0 Å². The van der Waals surface area contributed by atoms with E-state index in [1.54, 1.807) is 6.08 Å². The van der Waals surface area contributed by atoms with Gasteiger partial charge < -0.3 is 15.4 Å². The molecule has 0 saturated heterocycles. The zero-order chi connectivity index (χ0) is 22.0. The molecule has 166 valence electrons. The Bertz CT molecular complexity index is 841. The Balaban J connectivity index is 1.33. The van der Waals surface area contributed by atoms with Crippen LogP contribution in [0.25, 0.3) is 6.08 Å². The van der Waals surface area contributed by atoms with Gasteiger partial charge in [-0.1, -0.05) is 30.3 Å². The Kier molecular flexibility index (Phi) is 6.17. The summed E-state index contributed by atoms with van der Waals surface area (Å²) in [5.74, 6) is 1.04. The standard InChI is InChI=1S/C25H32N2O4/c1-16(25-12-19-8-20(13-25)10-21(9-19)14-25)26-23(29)15-31-24(30)22(27-17(2)28)11-18-6-4-3-5-7-18/h3-7,11,16,19-21H,8-10,12-15H2,1-2H3,(H,26,29)(H,27,28)/b22-11-/t16-,19?,20?,21?,25?/m1/s1. The van der Waals surface area contributed by atoms with Crippen molar-refractivity contribution in [2.45, 2.75) is 58.4 Å². The molecule has 31 heavy (non-hydrogen) atoms. The molecule has 1 aromatic rings. The van der Waals surface area contributed by atoms with Gasteiger partial charge in [0.2, 0.25) is 5.91 Å². The largest absolute Gasteiger partial charge is 0.451 e. The predicted octanol–water partition coefficient (Wildman–Crippen LogP) is 3.43. The fraction of sp³-hybridized carbons (Fsp3) is 0.560. The van der Waals surface area contributed by atoms with E-state index in [-0.39, 0.29) is 35.6 Å². The summed E-state index contributed by atoms with van der Waals surface area (Å²) < 4.78 is 5.22. The normalized spacial score (nSPS) is 29.9. The molecule has 0 spiro atoms. The average Bonchev–Trinajstić information content (AvgIpc) is 2.71. The van der Waals surface area contributed by atoms with E-state index in [2.05, 4.69) is 17.6 Å². The monoisotopic (exact) mass is 424 g/mol. The lowest BCUT2D eigenvalue weighted by molar-refractivity contribution is -0.146. The van der Waals surface area contributed by atoms with Gasteiger partial charge >= 0.3 is 5.97 Å². The fourth-order valence-corrected chi connectivity index (χ4v) is 6.40. The number of amides is 2. The van der Waals surface area contributed by atoms with E-state index < -0.39 is 5.97 Å². The third-order valence-electron chi connectivity index (χ3n) is 7.36. The zero-order valence-electron chi connectivity index (χ0n) is 18.4. The number of benzene rings is 1. The lowest BCUT2D eigenvalue weighted by atomic mass is 9.48. The van der Waals surface area contributed by atoms with Crippen molar-refractivity contribution in [2.24, 2.45) is 23.2 Å². The summed E-state index contributed by atoms with van der Waals surface area (Å²) >= 11 is 0. The Labute approximate surface area is 183 Å². The lowest BCUT2D eigenvalue weighted by Gasteiger charge is -2.59. The molecule has 2 amide bonds. The summed E-state index contributed by atoms with van der Waals surface area (Å²) in [6.07, 6.45) is 9.22. The van der Waals surface area contributed by atoms with Crippen molar-refractivity contribution in [3.63, 3.8) is 0 Å². The molecule has 4 bridgehead atoms. The first-order valence-corrected chi connectivity index (χ1v) is 11.3. The Morgan fingerprint density at radius 3 is 2.19 bits per heavy atom. The van der Waals surface area contributed by atoms with Crippen molar-refractivity contribution >= 4 is 23.9 Å². The molecule has 0 radical (unpaired) electrons. The molecule has 2 N–H and O–H groups in total. The van der Waals surface area contributed by atoms with Crippen LogP contribution < -0.4 is 10.6 Å². The highest BCUT2D eigenvalue weighted by molar-refractivity contribution is 5.98. The first-order valence-electron chi connectivity index (χ1n) is 11.3. The summed E-state index contributed by atoms with van der Waals surface area (Å²) in [5, 5.41) is 5.60. The molecule has 4 saturated carbocycles. The van der Waals surface area contributed by atoms with E-state index in [1.165, 1.54) is 45.4 Å². The minimum absolute atomic E-state index is 0.0145. The average molecular weight is 425 g/mol. The van der Waals surface area contributed by atoms with Crippen molar-refractivity contribution in [1.29, 1.82) is 0 Å². The number of esters is 1. The van der Waals surface area contributed by atoms with Gasteiger partial charge in [-0.15, -0.1) is 0 Å². The quantitative estimate of drug-likeness (QED) is 0.519. The molecule has 0 unspecified atom stereocenters. The van der Waals surface area contributed by atoms with Crippen LogP contribution in [0.3, 0.4) is 0 Å². The number of rotatable bonds is 7. The van der Waals surface area contributed by atoms with Crippen LogP contribution in [0.4, 0.5) is 0 Å². The Morgan fingerprint density at radius 1 is 1.06 bits per heavy atom. The molecule has 4 aliphatic carbocycles. The van der Waals surface area contributed by atoms with Crippen LogP contribution in [0.2, 0.25) is 0 Å². The van der Waals surface area contributed by atoms with Crippen LogP contribution in [0.5, 0.6) is 0 Å².